The van der Waals surface area contributed by atoms with Crippen LogP contribution in [-0.4, -0.2) is 13.4 Å². The van der Waals surface area contributed by atoms with E-state index in [1.54, 1.807) is 29.5 Å². The van der Waals surface area contributed by atoms with Crippen LogP contribution in [0.1, 0.15) is 25.1 Å². The molecule has 3 rings (SSSR count). The van der Waals surface area contributed by atoms with Crippen molar-refractivity contribution in [3.63, 3.8) is 0 Å². The van der Waals surface area contributed by atoms with E-state index in [-0.39, 0.29) is 10.8 Å². The van der Waals surface area contributed by atoms with Gasteiger partial charge < -0.3 is 0 Å². The van der Waals surface area contributed by atoms with E-state index < -0.39 is 10.0 Å². The molecule has 3 aromatic rings. The Hall–Kier alpha value is -1.25. The van der Waals surface area contributed by atoms with Crippen molar-refractivity contribution in [2.24, 2.45) is 5.92 Å². The molecule has 26 heavy (non-hydrogen) atoms. The van der Waals surface area contributed by atoms with E-state index in [9.17, 15) is 8.42 Å². The second-order valence-corrected chi connectivity index (χ2v) is 10.5. The Bertz CT molecular complexity index is 993. The van der Waals surface area contributed by atoms with Crippen LogP contribution in [0.5, 0.6) is 0 Å². The highest BCUT2D eigenvalue weighted by atomic mass is 35.5. The monoisotopic (exact) mass is 426 g/mol. The van der Waals surface area contributed by atoms with E-state index in [0.717, 1.165) is 28.2 Å². The Kier molecular flexibility index (Phi) is 6.14. The number of thiophene rings is 1. The van der Waals surface area contributed by atoms with Crippen LogP contribution in [0.4, 0.5) is 0 Å². The van der Waals surface area contributed by atoms with Gasteiger partial charge in [0.1, 0.15) is 9.22 Å². The maximum absolute atomic E-state index is 12.6. The van der Waals surface area contributed by atoms with Crippen molar-refractivity contribution in [2.45, 2.75) is 31.0 Å². The van der Waals surface area contributed by atoms with E-state index in [1.165, 1.54) is 11.3 Å². The van der Waals surface area contributed by atoms with E-state index in [4.69, 9.17) is 11.6 Å². The van der Waals surface area contributed by atoms with Crippen LogP contribution in [0.25, 0.3) is 10.6 Å². The number of hydrogen-bond acceptors (Lipinski definition) is 5. The van der Waals surface area contributed by atoms with Gasteiger partial charge in [0, 0.05) is 27.9 Å². The lowest BCUT2D eigenvalue weighted by Crippen LogP contribution is -2.22. The number of thiazole rings is 1. The first-order chi connectivity index (χ1) is 12.3. The Morgan fingerprint density at radius 1 is 1.19 bits per heavy atom. The lowest BCUT2D eigenvalue weighted by molar-refractivity contribution is 0.583. The first-order valence-corrected chi connectivity index (χ1v) is 11.7. The van der Waals surface area contributed by atoms with Gasteiger partial charge >= 0.3 is 0 Å². The molecular formula is C18H19ClN2O2S3. The van der Waals surface area contributed by atoms with Crippen molar-refractivity contribution in [3.05, 3.63) is 57.4 Å². The standard InChI is InChI=1S/C18H19ClN2O2S3/c1-12(2)7-15-11-25-18(21-15)14-8-17(24-10-14)26(22,23)20-9-13-5-3-4-6-16(13)19/h3-6,8,10-12,20H,7,9H2,1-2H3. The highest BCUT2D eigenvalue weighted by molar-refractivity contribution is 7.91. The number of rotatable bonds is 7. The molecule has 0 saturated carbocycles. The molecular weight excluding hydrogens is 408 g/mol. The van der Waals surface area contributed by atoms with Gasteiger partial charge in [0.25, 0.3) is 0 Å². The molecule has 138 valence electrons. The van der Waals surface area contributed by atoms with Crippen LogP contribution in [-0.2, 0) is 23.0 Å². The smallest absolute Gasteiger partial charge is 0.241 e. The zero-order chi connectivity index (χ0) is 18.7. The minimum Gasteiger partial charge on any atom is -0.241 e. The molecule has 0 amide bonds. The molecule has 0 radical (unpaired) electrons. The lowest BCUT2D eigenvalue weighted by Gasteiger charge is -2.06. The second-order valence-electron chi connectivity index (χ2n) is 6.31. The number of aromatic nitrogens is 1. The third-order valence-electron chi connectivity index (χ3n) is 3.67. The molecule has 0 aliphatic heterocycles. The maximum atomic E-state index is 12.6. The third kappa shape index (κ3) is 4.72. The number of halogens is 1. The minimum atomic E-state index is -3.59. The van der Waals surface area contributed by atoms with Crippen molar-refractivity contribution in [2.75, 3.05) is 0 Å². The SMILES string of the molecule is CC(C)Cc1csc(-c2csc(S(=O)(=O)NCc3ccccc3Cl)c2)n1. The first kappa shape index (κ1) is 19.5. The summed E-state index contributed by atoms with van der Waals surface area (Å²) in [6.07, 6.45) is 0.922. The molecule has 0 aliphatic rings. The molecule has 0 bridgehead atoms. The fourth-order valence-corrected chi connectivity index (χ4v) is 5.72. The van der Waals surface area contributed by atoms with Gasteiger partial charge in [0.2, 0.25) is 10.0 Å². The average Bonchev–Trinajstić information content (AvgIpc) is 3.23. The number of sulfonamides is 1. The molecule has 0 spiro atoms. The Balaban J connectivity index is 1.73. The van der Waals surface area contributed by atoms with Crippen molar-refractivity contribution in [1.29, 1.82) is 0 Å². The fourth-order valence-electron chi connectivity index (χ4n) is 2.41. The van der Waals surface area contributed by atoms with Crippen molar-refractivity contribution < 1.29 is 8.42 Å². The number of nitrogens with one attached hydrogen (secondary N) is 1. The maximum Gasteiger partial charge on any atom is 0.250 e. The predicted molar refractivity (Wildman–Crippen MR) is 109 cm³/mol. The Morgan fingerprint density at radius 3 is 2.69 bits per heavy atom. The van der Waals surface area contributed by atoms with Crippen LogP contribution < -0.4 is 4.72 Å². The normalized spacial score (nSPS) is 12.0. The van der Waals surface area contributed by atoms with Gasteiger partial charge in [-0.3, -0.25) is 0 Å². The van der Waals surface area contributed by atoms with Crippen LogP contribution in [0, 0.1) is 5.92 Å². The predicted octanol–water partition coefficient (Wildman–Crippen LogP) is 5.20. The summed E-state index contributed by atoms with van der Waals surface area (Å²) in [7, 11) is -3.59. The largest absolute Gasteiger partial charge is 0.250 e. The zero-order valence-corrected chi connectivity index (χ0v) is 17.6. The van der Waals surface area contributed by atoms with Crippen molar-refractivity contribution in [3.8, 4) is 10.6 Å². The zero-order valence-electron chi connectivity index (χ0n) is 14.4. The highest BCUT2D eigenvalue weighted by Crippen LogP contribution is 2.31. The van der Waals surface area contributed by atoms with Crippen molar-refractivity contribution in [1.82, 2.24) is 9.71 Å². The van der Waals surface area contributed by atoms with Crippen LogP contribution in [0.3, 0.4) is 0 Å². The van der Waals surface area contributed by atoms with Gasteiger partial charge in [-0.1, -0.05) is 43.6 Å². The molecule has 8 heteroatoms. The van der Waals surface area contributed by atoms with Gasteiger partial charge in [-0.2, -0.15) is 0 Å². The lowest BCUT2D eigenvalue weighted by atomic mass is 10.1. The summed E-state index contributed by atoms with van der Waals surface area (Å²) in [6, 6.07) is 8.86. The molecule has 2 aromatic heterocycles. The summed E-state index contributed by atoms with van der Waals surface area (Å²) in [4.78, 5) is 4.61. The molecule has 1 N–H and O–H groups in total. The van der Waals surface area contributed by atoms with Gasteiger partial charge in [0.15, 0.2) is 0 Å². The molecule has 4 nitrogen and oxygen atoms in total. The summed E-state index contributed by atoms with van der Waals surface area (Å²) in [6.45, 7) is 4.46. The summed E-state index contributed by atoms with van der Waals surface area (Å²) in [5.41, 5.74) is 2.63. The molecule has 0 atom stereocenters. The molecule has 0 unspecified atom stereocenters. The quantitative estimate of drug-likeness (QED) is 0.564. The number of hydrogen-bond donors (Lipinski definition) is 1. The number of benzene rings is 1. The molecule has 1 aromatic carbocycles. The van der Waals surface area contributed by atoms with E-state index >= 15 is 0 Å². The van der Waals surface area contributed by atoms with E-state index in [0.29, 0.717) is 10.9 Å². The van der Waals surface area contributed by atoms with Crippen LogP contribution in [0.2, 0.25) is 5.02 Å². The third-order valence-corrected chi connectivity index (χ3v) is 7.82. The number of nitrogens with zero attached hydrogens (tertiary/aromatic N) is 1. The van der Waals surface area contributed by atoms with Gasteiger partial charge in [-0.15, -0.1) is 22.7 Å². The second kappa shape index (κ2) is 8.19. The van der Waals surface area contributed by atoms with Crippen LogP contribution >= 0.6 is 34.3 Å². The average molecular weight is 427 g/mol. The van der Waals surface area contributed by atoms with Crippen LogP contribution in [0.15, 0.2) is 45.3 Å². The van der Waals surface area contributed by atoms with Gasteiger partial charge in [-0.05, 0) is 30.0 Å². The first-order valence-electron chi connectivity index (χ1n) is 8.11. The van der Waals surface area contributed by atoms with Crippen molar-refractivity contribution >= 4 is 44.3 Å². The Labute approximate surface area is 166 Å². The Morgan fingerprint density at radius 2 is 1.96 bits per heavy atom. The van der Waals surface area contributed by atoms with Gasteiger partial charge in [-0.25, -0.2) is 18.1 Å². The molecule has 0 saturated heterocycles. The highest BCUT2D eigenvalue weighted by Gasteiger charge is 2.18. The molecule has 0 aliphatic carbocycles. The van der Waals surface area contributed by atoms with Gasteiger partial charge in [0.05, 0.1) is 5.69 Å². The summed E-state index contributed by atoms with van der Waals surface area (Å²) in [5.74, 6) is 0.539. The topological polar surface area (TPSA) is 59.1 Å². The van der Waals surface area contributed by atoms with E-state index in [1.807, 2.05) is 22.9 Å². The summed E-state index contributed by atoms with van der Waals surface area (Å²) < 4.78 is 28.0. The summed E-state index contributed by atoms with van der Waals surface area (Å²) in [5, 5.41) is 5.27. The minimum absolute atomic E-state index is 0.158. The fraction of sp³-hybridized carbons (Fsp3) is 0.278. The molecule has 0 fully saturated rings. The molecule has 2 heterocycles. The summed E-state index contributed by atoms with van der Waals surface area (Å²) >= 11 is 8.82. The van der Waals surface area contributed by atoms with E-state index in [2.05, 4.69) is 23.6 Å².